The SMILES string of the molecule is CC/C=C\c1ccccc1CCC(F)(F)C(=O)O. The molecule has 0 aliphatic carbocycles. The first-order valence-electron chi connectivity index (χ1n) is 5.83. The van der Waals surface area contributed by atoms with Gasteiger partial charge in [-0.15, -0.1) is 0 Å². The van der Waals surface area contributed by atoms with Crippen molar-refractivity contribution in [2.24, 2.45) is 0 Å². The third-order valence-corrected chi connectivity index (χ3v) is 2.61. The monoisotopic (exact) mass is 254 g/mol. The van der Waals surface area contributed by atoms with Crippen molar-refractivity contribution >= 4 is 12.0 Å². The van der Waals surface area contributed by atoms with Crippen LogP contribution in [0.4, 0.5) is 8.78 Å². The van der Waals surface area contributed by atoms with Gasteiger partial charge in [0.05, 0.1) is 0 Å². The highest BCUT2D eigenvalue weighted by atomic mass is 19.3. The second kappa shape index (κ2) is 6.28. The summed E-state index contributed by atoms with van der Waals surface area (Å²) in [7, 11) is 0. The molecule has 0 amide bonds. The first-order chi connectivity index (χ1) is 8.47. The molecule has 0 aliphatic rings. The Hall–Kier alpha value is -1.71. The van der Waals surface area contributed by atoms with Crippen molar-refractivity contribution in [2.45, 2.75) is 32.1 Å². The summed E-state index contributed by atoms with van der Waals surface area (Å²) >= 11 is 0. The van der Waals surface area contributed by atoms with E-state index in [0.717, 1.165) is 17.5 Å². The number of rotatable bonds is 6. The summed E-state index contributed by atoms with van der Waals surface area (Å²) in [4.78, 5) is 10.3. The van der Waals surface area contributed by atoms with E-state index >= 15 is 0 Å². The van der Waals surface area contributed by atoms with Crippen molar-refractivity contribution in [3.05, 3.63) is 41.5 Å². The van der Waals surface area contributed by atoms with E-state index in [1.54, 1.807) is 12.1 Å². The molecule has 0 heterocycles. The smallest absolute Gasteiger partial charge is 0.374 e. The van der Waals surface area contributed by atoms with Gasteiger partial charge in [0.25, 0.3) is 0 Å². The molecule has 0 atom stereocenters. The van der Waals surface area contributed by atoms with E-state index < -0.39 is 18.3 Å². The van der Waals surface area contributed by atoms with E-state index in [2.05, 4.69) is 0 Å². The third-order valence-electron chi connectivity index (χ3n) is 2.61. The fourth-order valence-corrected chi connectivity index (χ4v) is 1.57. The summed E-state index contributed by atoms with van der Waals surface area (Å²) < 4.78 is 26.0. The molecule has 1 N–H and O–H groups in total. The Kier molecular flexibility index (Phi) is 5.01. The summed E-state index contributed by atoms with van der Waals surface area (Å²) in [5, 5.41) is 8.37. The molecule has 0 spiro atoms. The first kappa shape index (κ1) is 14.4. The van der Waals surface area contributed by atoms with Gasteiger partial charge in [-0.25, -0.2) is 4.79 Å². The van der Waals surface area contributed by atoms with Gasteiger partial charge in [0.15, 0.2) is 0 Å². The van der Waals surface area contributed by atoms with Gasteiger partial charge in [-0.05, 0) is 24.0 Å². The van der Waals surface area contributed by atoms with Crippen LogP contribution in [0.1, 0.15) is 30.9 Å². The molecule has 0 bridgehead atoms. The highest BCUT2D eigenvalue weighted by Gasteiger charge is 2.38. The van der Waals surface area contributed by atoms with Crippen LogP contribution in [0, 0.1) is 0 Å². The van der Waals surface area contributed by atoms with E-state index in [0.29, 0.717) is 0 Å². The van der Waals surface area contributed by atoms with Crippen LogP contribution < -0.4 is 0 Å². The largest absolute Gasteiger partial charge is 0.477 e. The molecule has 0 saturated carbocycles. The Balaban J connectivity index is 2.79. The molecule has 0 fully saturated rings. The van der Waals surface area contributed by atoms with Gasteiger partial charge in [0, 0.05) is 6.42 Å². The number of carboxylic acid groups (broad SMARTS) is 1. The summed E-state index contributed by atoms with van der Waals surface area (Å²) in [6.07, 6.45) is 4.03. The number of hydrogen-bond acceptors (Lipinski definition) is 1. The number of aliphatic carboxylic acids is 1. The lowest BCUT2D eigenvalue weighted by Crippen LogP contribution is -2.28. The topological polar surface area (TPSA) is 37.3 Å². The van der Waals surface area contributed by atoms with Crippen molar-refractivity contribution in [3.63, 3.8) is 0 Å². The number of benzene rings is 1. The van der Waals surface area contributed by atoms with E-state index in [4.69, 9.17) is 5.11 Å². The average molecular weight is 254 g/mol. The molecule has 18 heavy (non-hydrogen) atoms. The molecule has 0 unspecified atom stereocenters. The summed E-state index contributed by atoms with van der Waals surface area (Å²) in [6, 6.07) is 7.17. The Morgan fingerprint density at radius 2 is 2.06 bits per heavy atom. The predicted octanol–water partition coefficient (Wildman–Crippen LogP) is 3.76. The zero-order valence-corrected chi connectivity index (χ0v) is 10.2. The first-order valence-corrected chi connectivity index (χ1v) is 5.83. The number of carboxylic acids is 1. The average Bonchev–Trinajstić information content (AvgIpc) is 2.34. The second-order valence-electron chi connectivity index (χ2n) is 4.02. The third kappa shape index (κ3) is 3.95. The van der Waals surface area contributed by atoms with Gasteiger partial charge in [-0.2, -0.15) is 8.78 Å². The molecule has 0 saturated heterocycles. The Bertz CT molecular complexity index is 439. The van der Waals surface area contributed by atoms with Crippen LogP contribution in [-0.4, -0.2) is 17.0 Å². The normalized spacial score (nSPS) is 11.9. The fourth-order valence-electron chi connectivity index (χ4n) is 1.57. The van der Waals surface area contributed by atoms with Crippen LogP contribution in [-0.2, 0) is 11.2 Å². The minimum atomic E-state index is -3.67. The van der Waals surface area contributed by atoms with Gasteiger partial charge in [-0.3, -0.25) is 0 Å². The Morgan fingerprint density at radius 3 is 2.67 bits per heavy atom. The molecule has 1 rings (SSSR count). The number of aryl methyl sites for hydroxylation is 1. The number of carbonyl (C=O) groups is 1. The van der Waals surface area contributed by atoms with Crippen molar-refractivity contribution in [2.75, 3.05) is 0 Å². The van der Waals surface area contributed by atoms with Crippen LogP contribution >= 0.6 is 0 Å². The quantitative estimate of drug-likeness (QED) is 0.839. The number of alkyl halides is 2. The highest BCUT2D eigenvalue weighted by Crippen LogP contribution is 2.23. The molecule has 0 radical (unpaired) electrons. The zero-order chi connectivity index (χ0) is 13.6. The van der Waals surface area contributed by atoms with Crippen LogP contribution in [0.25, 0.3) is 6.08 Å². The maximum absolute atomic E-state index is 13.0. The maximum atomic E-state index is 13.0. The molecule has 98 valence electrons. The Morgan fingerprint density at radius 1 is 1.39 bits per heavy atom. The predicted molar refractivity (Wildman–Crippen MR) is 66.7 cm³/mol. The molecule has 0 aromatic heterocycles. The lowest BCUT2D eigenvalue weighted by atomic mass is 10.00. The fraction of sp³-hybridized carbons (Fsp3) is 0.357. The van der Waals surface area contributed by atoms with Crippen LogP contribution in [0.5, 0.6) is 0 Å². The second-order valence-corrected chi connectivity index (χ2v) is 4.02. The summed E-state index contributed by atoms with van der Waals surface area (Å²) in [5.41, 5.74) is 1.60. The zero-order valence-electron chi connectivity index (χ0n) is 10.2. The van der Waals surface area contributed by atoms with Crippen molar-refractivity contribution in [1.29, 1.82) is 0 Å². The minimum absolute atomic E-state index is 0.0452. The molecule has 0 aliphatic heterocycles. The van der Waals surface area contributed by atoms with Crippen LogP contribution in [0.2, 0.25) is 0 Å². The van der Waals surface area contributed by atoms with Crippen LogP contribution in [0.3, 0.4) is 0 Å². The number of allylic oxidation sites excluding steroid dienone is 1. The van der Waals surface area contributed by atoms with Gasteiger partial charge in [0.1, 0.15) is 0 Å². The molecule has 4 heteroatoms. The lowest BCUT2D eigenvalue weighted by molar-refractivity contribution is -0.165. The van der Waals surface area contributed by atoms with Gasteiger partial charge in [-0.1, -0.05) is 43.3 Å². The van der Waals surface area contributed by atoms with Crippen molar-refractivity contribution in [1.82, 2.24) is 0 Å². The lowest BCUT2D eigenvalue weighted by Gasteiger charge is -2.12. The maximum Gasteiger partial charge on any atom is 0.374 e. The molecule has 2 nitrogen and oxygen atoms in total. The van der Waals surface area contributed by atoms with Crippen molar-refractivity contribution < 1.29 is 18.7 Å². The van der Waals surface area contributed by atoms with Gasteiger partial charge >= 0.3 is 11.9 Å². The minimum Gasteiger partial charge on any atom is -0.477 e. The Labute approximate surface area is 105 Å². The molecular weight excluding hydrogens is 238 g/mol. The molecular formula is C14H16F2O2. The standard InChI is InChI=1S/C14H16F2O2/c1-2-3-6-11-7-4-5-8-12(11)9-10-14(15,16)13(17)18/h3-8H,2,9-10H2,1H3,(H,17,18)/b6-3-. The number of hydrogen-bond donors (Lipinski definition) is 1. The van der Waals surface area contributed by atoms with E-state index in [9.17, 15) is 13.6 Å². The van der Waals surface area contributed by atoms with Gasteiger partial charge < -0.3 is 5.11 Å². The van der Waals surface area contributed by atoms with Gasteiger partial charge in [0.2, 0.25) is 0 Å². The summed E-state index contributed by atoms with van der Waals surface area (Å²) in [6.45, 7) is 1.98. The highest BCUT2D eigenvalue weighted by molar-refractivity contribution is 5.75. The molecule has 1 aromatic carbocycles. The van der Waals surface area contributed by atoms with E-state index in [1.807, 2.05) is 31.2 Å². The van der Waals surface area contributed by atoms with Crippen LogP contribution in [0.15, 0.2) is 30.3 Å². The summed E-state index contributed by atoms with van der Waals surface area (Å²) in [5.74, 6) is -5.73. The van der Waals surface area contributed by atoms with Crippen molar-refractivity contribution in [3.8, 4) is 0 Å². The van der Waals surface area contributed by atoms with E-state index in [-0.39, 0.29) is 6.42 Å². The van der Waals surface area contributed by atoms with E-state index in [1.165, 1.54) is 0 Å². The molecule has 1 aromatic rings. The number of halogens is 2.